The van der Waals surface area contributed by atoms with Gasteiger partial charge in [-0.3, -0.25) is 9.69 Å². The fraction of sp³-hybridized carbons (Fsp3) is 0.273. The Labute approximate surface area is 177 Å². The summed E-state index contributed by atoms with van der Waals surface area (Å²) in [7, 11) is 5.53. The fourth-order valence-electron chi connectivity index (χ4n) is 3.27. The van der Waals surface area contributed by atoms with Crippen LogP contribution in [0.1, 0.15) is 17.0 Å². The molecule has 0 unspecified atom stereocenters. The van der Waals surface area contributed by atoms with E-state index in [0.717, 1.165) is 18.4 Å². The second kappa shape index (κ2) is 8.41. The van der Waals surface area contributed by atoms with E-state index in [9.17, 15) is 9.18 Å². The van der Waals surface area contributed by atoms with Crippen LogP contribution in [0, 0.1) is 5.82 Å². The summed E-state index contributed by atoms with van der Waals surface area (Å²) in [5, 5.41) is 1.31. The van der Waals surface area contributed by atoms with Crippen molar-refractivity contribution in [3.05, 3.63) is 54.0 Å². The minimum atomic E-state index is -0.326. The molecule has 4 rings (SSSR count). The number of amides is 1. The quantitative estimate of drug-likeness (QED) is 0.424. The molecular formula is C22H22FN3O3S. The smallest absolute Gasteiger partial charge is 0.295 e. The number of carbonyl (C=O) groups excluding carboxylic acids is 1. The summed E-state index contributed by atoms with van der Waals surface area (Å²) >= 11 is 1.29. The Hall–Kier alpha value is -2.97. The number of nitrogens with zero attached hydrogens (tertiary/aromatic N) is 3. The van der Waals surface area contributed by atoms with Crippen LogP contribution >= 0.6 is 11.3 Å². The highest BCUT2D eigenvalue weighted by molar-refractivity contribution is 7.22. The number of furan rings is 1. The van der Waals surface area contributed by atoms with Gasteiger partial charge in [0.1, 0.15) is 5.82 Å². The molecule has 156 valence electrons. The van der Waals surface area contributed by atoms with Crippen molar-refractivity contribution in [3.63, 3.8) is 0 Å². The van der Waals surface area contributed by atoms with Crippen LogP contribution in [0.3, 0.4) is 0 Å². The predicted octanol–water partition coefficient (Wildman–Crippen LogP) is 4.79. The third-order valence-electron chi connectivity index (χ3n) is 4.74. The van der Waals surface area contributed by atoms with E-state index in [1.165, 1.54) is 23.5 Å². The first kappa shape index (κ1) is 20.3. The van der Waals surface area contributed by atoms with Gasteiger partial charge in [-0.05, 0) is 57.4 Å². The van der Waals surface area contributed by atoms with E-state index in [2.05, 4.69) is 9.88 Å². The van der Waals surface area contributed by atoms with Gasteiger partial charge in [-0.15, -0.1) is 0 Å². The topological polar surface area (TPSA) is 58.8 Å². The number of anilines is 1. The van der Waals surface area contributed by atoms with Gasteiger partial charge in [0.15, 0.2) is 22.2 Å². The van der Waals surface area contributed by atoms with E-state index in [1.54, 1.807) is 30.2 Å². The number of ether oxygens (including phenoxy) is 1. The maximum Gasteiger partial charge on any atom is 0.295 e. The molecule has 30 heavy (non-hydrogen) atoms. The molecule has 0 aliphatic rings. The number of halogens is 1. The van der Waals surface area contributed by atoms with Crippen LogP contribution in [-0.4, -0.2) is 50.1 Å². The number of carbonyl (C=O) groups is 1. The zero-order valence-corrected chi connectivity index (χ0v) is 17.8. The molecule has 2 aromatic carbocycles. The summed E-state index contributed by atoms with van der Waals surface area (Å²) < 4.78 is 25.5. The molecule has 0 N–H and O–H groups in total. The Morgan fingerprint density at radius 1 is 1.20 bits per heavy atom. The molecule has 4 aromatic rings. The van der Waals surface area contributed by atoms with Crippen LogP contribution in [0.5, 0.6) is 5.75 Å². The molecule has 1 amide bonds. The van der Waals surface area contributed by atoms with Crippen LogP contribution in [-0.2, 0) is 0 Å². The largest absolute Gasteiger partial charge is 0.493 e. The molecule has 2 aromatic heterocycles. The van der Waals surface area contributed by atoms with Crippen LogP contribution in [0.25, 0.3) is 21.2 Å². The average molecular weight is 428 g/mol. The lowest BCUT2D eigenvalue weighted by molar-refractivity contribution is 0.0961. The standard InChI is InChI=1S/C22H22FN3O3S/c1-25(2)10-5-11-26(22-24-16-9-8-15(23)13-19(16)30-22)21(27)18-12-14-6-4-7-17(28-3)20(14)29-18/h4,6-9,12-13H,5,10-11H2,1-3H3. The van der Waals surface area contributed by atoms with Gasteiger partial charge >= 0.3 is 0 Å². The minimum Gasteiger partial charge on any atom is -0.493 e. The average Bonchev–Trinajstić information content (AvgIpc) is 3.33. The van der Waals surface area contributed by atoms with Crippen LogP contribution < -0.4 is 9.64 Å². The Bertz CT molecular complexity index is 1200. The molecule has 0 atom stereocenters. The van der Waals surface area contributed by atoms with Gasteiger partial charge in [0.05, 0.1) is 17.3 Å². The van der Waals surface area contributed by atoms with Gasteiger partial charge in [-0.25, -0.2) is 9.37 Å². The van der Waals surface area contributed by atoms with Crippen LogP contribution in [0.15, 0.2) is 46.9 Å². The van der Waals surface area contributed by atoms with Crippen molar-refractivity contribution in [2.45, 2.75) is 6.42 Å². The summed E-state index contributed by atoms with van der Waals surface area (Å²) in [6, 6.07) is 11.7. The zero-order valence-electron chi connectivity index (χ0n) is 17.0. The van der Waals surface area contributed by atoms with Crippen molar-refractivity contribution < 1.29 is 18.3 Å². The maximum atomic E-state index is 13.6. The number of hydrogen-bond acceptors (Lipinski definition) is 6. The molecule has 8 heteroatoms. The number of rotatable bonds is 7. The van der Waals surface area contributed by atoms with E-state index >= 15 is 0 Å². The first-order chi connectivity index (χ1) is 14.5. The molecule has 2 heterocycles. The second-order valence-electron chi connectivity index (χ2n) is 7.21. The van der Waals surface area contributed by atoms with Crippen molar-refractivity contribution in [2.75, 3.05) is 39.2 Å². The minimum absolute atomic E-state index is 0.213. The Morgan fingerprint density at radius 2 is 2.03 bits per heavy atom. The molecule has 0 saturated carbocycles. The molecule has 0 spiro atoms. The lowest BCUT2D eigenvalue weighted by atomic mass is 10.2. The molecule has 0 saturated heterocycles. The first-order valence-electron chi connectivity index (χ1n) is 9.55. The second-order valence-corrected chi connectivity index (χ2v) is 8.22. The Balaban J connectivity index is 1.71. The molecule has 0 aliphatic heterocycles. The highest BCUT2D eigenvalue weighted by atomic mass is 32.1. The number of methoxy groups -OCH3 is 1. The van der Waals surface area contributed by atoms with Crippen LogP contribution in [0.4, 0.5) is 9.52 Å². The first-order valence-corrected chi connectivity index (χ1v) is 10.4. The third kappa shape index (κ3) is 4.01. The van der Waals surface area contributed by atoms with E-state index in [0.29, 0.717) is 33.2 Å². The van der Waals surface area contributed by atoms with Gasteiger partial charge < -0.3 is 14.1 Å². The number of fused-ring (bicyclic) bond motifs is 2. The van der Waals surface area contributed by atoms with Gasteiger partial charge in [-0.2, -0.15) is 0 Å². The summed E-state index contributed by atoms with van der Waals surface area (Å²) in [5.74, 6) is 0.171. The number of thiazole rings is 1. The molecule has 0 bridgehead atoms. The van der Waals surface area contributed by atoms with Crippen molar-refractivity contribution in [1.82, 2.24) is 9.88 Å². The lowest BCUT2D eigenvalue weighted by Crippen LogP contribution is -2.33. The predicted molar refractivity (Wildman–Crippen MR) is 117 cm³/mol. The number of benzene rings is 2. The Morgan fingerprint density at radius 3 is 2.80 bits per heavy atom. The summed E-state index contributed by atoms with van der Waals surface area (Å²) in [4.78, 5) is 21.6. The fourth-order valence-corrected chi connectivity index (χ4v) is 4.28. The summed E-state index contributed by atoms with van der Waals surface area (Å²) in [6.45, 7) is 1.28. The molecule has 0 fully saturated rings. The highest BCUT2D eigenvalue weighted by Gasteiger charge is 2.25. The number of aromatic nitrogens is 1. The number of hydrogen-bond donors (Lipinski definition) is 0. The van der Waals surface area contributed by atoms with E-state index in [-0.39, 0.29) is 17.5 Å². The van der Waals surface area contributed by atoms with Gasteiger partial charge in [0, 0.05) is 11.9 Å². The highest BCUT2D eigenvalue weighted by Crippen LogP contribution is 2.33. The van der Waals surface area contributed by atoms with E-state index < -0.39 is 0 Å². The molecule has 0 aliphatic carbocycles. The van der Waals surface area contributed by atoms with Crippen LogP contribution in [0.2, 0.25) is 0 Å². The van der Waals surface area contributed by atoms with E-state index in [1.807, 2.05) is 26.2 Å². The monoisotopic (exact) mass is 427 g/mol. The Kier molecular flexibility index (Phi) is 5.69. The third-order valence-corrected chi connectivity index (χ3v) is 5.78. The van der Waals surface area contributed by atoms with Crippen molar-refractivity contribution >= 4 is 43.6 Å². The summed E-state index contributed by atoms with van der Waals surface area (Å²) in [5.41, 5.74) is 1.19. The molecular weight excluding hydrogens is 405 g/mol. The van der Waals surface area contributed by atoms with Gasteiger partial charge in [0.2, 0.25) is 0 Å². The van der Waals surface area contributed by atoms with E-state index in [4.69, 9.17) is 9.15 Å². The normalized spacial score (nSPS) is 11.5. The lowest BCUT2D eigenvalue weighted by Gasteiger charge is -2.19. The number of para-hydroxylation sites is 1. The van der Waals surface area contributed by atoms with Crippen molar-refractivity contribution in [3.8, 4) is 5.75 Å². The SMILES string of the molecule is COc1cccc2cc(C(=O)N(CCCN(C)C)c3nc4ccc(F)cc4s3)oc12. The zero-order chi connectivity index (χ0) is 21.3. The van der Waals surface area contributed by atoms with Crippen molar-refractivity contribution in [2.24, 2.45) is 0 Å². The van der Waals surface area contributed by atoms with Crippen molar-refractivity contribution in [1.29, 1.82) is 0 Å². The summed E-state index contributed by atoms with van der Waals surface area (Å²) in [6.07, 6.45) is 0.757. The maximum absolute atomic E-state index is 13.6. The molecule has 6 nitrogen and oxygen atoms in total. The molecule has 0 radical (unpaired) electrons. The van der Waals surface area contributed by atoms with Gasteiger partial charge in [0.25, 0.3) is 5.91 Å². The van der Waals surface area contributed by atoms with Gasteiger partial charge in [-0.1, -0.05) is 23.5 Å².